The first-order chi connectivity index (χ1) is 12.3. The van der Waals surface area contributed by atoms with Gasteiger partial charge in [0.25, 0.3) is 0 Å². The smallest absolute Gasteiger partial charge is 0.183 e. The van der Waals surface area contributed by atoms with Crippen molar-refractivity contribution in [1.82, 2.24) is 0 Å². The highest BCUT2D eigenvalue weighted by atomic mass is 16.7. The summed E-state index contributed by atoms with van der Waals surface area (Å²) in [6, 6.07) is 10.4. The third-order valence-electron chi connectivity index (χ3n) is 6.26. The van der Waals surface area contributed by atoms with Gasteiger partial charge in [-0.15, -0.1) is 0 Å². The van der Waals surface area contributed by atoms with Crippen molar-refractivity contribution in [2.75, 3.05) is 13.2 Å². The Labute approximate surface area is 149 Å². The molecule has 25 heavy (non-hydrogen) atoms. The minimum Gasteiger partial charge on any atom is -0.370 e. The Hall–Kier alpha value is -0.940. The SMILES string of the molecule is c1ccc(C(OCC2CCC3OC3C2)OCC2CCC3OC3C2)cc1. The minimum atomic E-state index is -0.253. The average Bonchev–Trinajstić information content (AvgIpc) is 3.56. The molecule has 5 rings (SSSR count). The molecule has 2 saturated carbocycles. The molecular weight excluding hydrogens is 316 g/mol. The Bertz CT molecular complexity index is 545. The van der Waals surface area contributed by atoms with E-state index >= 15 is 0 Å². The fraction of sp³-hybridized carbons (Fsp3) is 0.714. The molecule has 136 valence electrons. The maximum absolute atomic E-state index is 6.25. The number of hydrogen-bond acceptors (Lipinski definition) is 4. The molecule has 2 aliphatic carbocycles. The monoisotopic (exact) mass is 344 g/mol. The molecule has 4 aliphatic rings. The number of hydrogen-bond donors (Lipinski definition) is 0. The van der Waals surface area contributed by atoms with E-state index in [1.807, 2.05) is 6.07 Å². The molecule has 0 radical (unpaired) electrons. The van der Waals surface area contributed by atoms with Crippen LogP contribution < -0.4 is 0 Å². The maximum Gasteiger partial charge on any atom is 0.183 e. The zero-order valence-electron chi connectivity index (χ0n) is 14.7. The van der Waals surface area contributed by atoms with Gasteiger partial charge in [0.15, 0.2) is 6.29 Å². The largest absolute Gasteiger partial charge is 0.370 e. The molecule has 0 amide bonds. The fourth-order valence-corrected chi connectivity index (χ4v) is 4.57. The van der Waals surface area contributed by atoms with E-state index in [0.29, 0.717) is 36.3 Å². The third kappa shape index (κ3) is 3.92. The molecule has 4 nitrogen and oxygen atoms in total. The highest BCUT2D eigenvalue weighted by Crippen LogP contribution is 2.41. The van der Waals surface area contributed by atoms with Crippen molar-refractivity contribution in [1.29, 1.82) is 0 Å². The number of benzene rings is 1. The van der Waals surface area contributed by atoms with Crippen molar-refractivity contribution in [3.8, 4) is 0 Å². The predicted molar refractivity (Wildman–Crippen MR) is 93.1 cm³/mol. The van der Waals surface area contributed by atoms with Crippen LogP contribution in [0, 0.1) is 11.8 Å². The predicted octanol–water partition coefficient (Wildman–Crippen LogP) is 3.85. The summed E-state index contributed by atoms with van der Waals surface area (Å²) >= 11 is 0. The molecule has 2 aliphatic heterocycles. The van der Waals surface area contributed by atoms with Gasteiger partial charge in [0.1, 0.15) is 0 Å². The molecule has 2 saturated heterocycles. The average molecular weight is 344 g/mol. The lowest BCUT2D eigenvalue weighted by Gasteiger charge is -2.26. The van der Waals surface area contributed by atoms with Crippen molar-refractivity contribution in [3.63, 3.8) is 0 Å². The summed E-state index contributed by atoms with van der Waals surface area (Å²) in [5.74, 6) is 1.21. The van der Waals surface area contributed by atoms with Gasteiger partial charge in [-0.3, -0.25) is 0 Å². The lowest BCUT2D eigenvalue weighted by atomic mass is 9.90. The molecule has 0 aromatic heterocycles. The van der Waals surface area contributed by atoms with Gasteiger partial charge in [-0.05, 0) is 50.4 Å². The maximum atomic E-state index is 6.25. The molecule has 0 bridgehead atoms. The number of epoxide rings is 2. The molecular formula is C21H28O4. The van der Waals surface area contributed by atoms with Crippen molar-refractivity contribution >= 4 is 0 Å². The van der Waals surface area contributed by atoms with E-state index in [-0.39, 0.29) is 6.29 Å². The quantitative estimate of drug-likeness (QED) is 0.557. The fourth-order valence-electron chi connectivity index (χ4n) is 4.57. The van der Waals surface area contributed by atoms with Crippen LogP contribution in [0.3, 0.4) is 0 Å². The van der Waals surface area contributed by atoms with E-state index in [1.165, 1.54) is 25.7 Å². The zero-order valence-corrected chi connectivity index (χ0v) is 14.7. The van der Waals surface area contributed by atoms with Gasteiger partial charge in [-0.2, -0.15) is 0 Å². The Morgan fingerprint density at radius 3 is 1.84 bits per heavy atom. The van der Waals surface area contributed by atoms with Crippen molar-refractivity contribution in [3.05, 3.63) is 35.9 Å². The Balaban J connectivity index is 1.16. The lowest BCUT2D eigenvalue weighted by Crippen LogP contribution is -2.23. The van der Waals surface area contributed by atoms with Gasteiger partial charge in [0.2, 0.25) is 0 Å². The van der Waals surface area contributed by atoms with E-state index in [1.54, 1.807) is 0 Å². The summed E-state index contributed by atoms with van der Waals surface area (Å²) in [6.45, 7) is 1.54. The van der Waals surface area contributed by atoms with Crippen LogP contribution >= 0.6 is 0 Å². The number of ether oxygens (including phenoxy) is 4. The van der Waals surface area contributed by atoms with Crippen LogP contribution in [0.25, 0.3) is 0 Å². The third-order valence-corrected chi connectivity index (χ3v) is 6.26. The molecule has 4 heteroatoms. The van der Waals surface area contributed by atoms with Gasteiger partial charge in [-0.25, -0.2) is 0 Å². The highest BCUT2D eigenvalue weighted by Gasteiger charge is 2.45. The molecule has 1 aromatic rings. The van der Waals surface area contributed by atoms with Gasteiger partial charge < -0.3 is 18.9 Å². The zero-order chi connectivity index (χ0) is 16.6. The van der Waals surface area contributed by atoms with Crippen molar-refractivity contribution in [2.45, 2.75) is 69.2 Å². The molecule has 0 spiro atoms. The van der Waals surface area contributed by atoms with Crippen molar-refractivity contribution in [2.24, 2.45) is 11.8 Å². The van der Waals surface area contributed by atoms with Crippen LogP contribution in [0.15, 0.2) is 30.3 Å². The van der Waals surface area contributed by atoms with Crippen LogP contribution in [0.5, 0.6) is 0 Å². The van der Waals surface area contributed by atoms with Gasteiger partial charge in [0.05, 0.1) is 37.6 Å². The standard InChI is InChI=1S/C21H28O4/c1-2-4-16(5-3-1)21(22-12-14-6-8-17-19(10-14)24-17)23-13-15-7-9-18-20(11-15)25-18/h1-5,14-15,17-21H,6-13H2. The molecule has 1 aromatic carbocycles. The van der Waals surface area contributed by atoms with Gasteiger partial charge in [0, 0.05) is 5.56 Å². The van der Waals surface area contributed by atoms with Crippen LogP contribution in [0.4, 0.5) is 0 Å². The second-order valence-electron chi connectivity index (χ2n) is 8.19. The first-order valence-corrected chi connectivity index (χ1v) is 9.94. The Kier molecular flexibility index (Phi) is 4.55. The Morgan fingerprint density at radius 1 is 0.760 bits per heavy atom. The summed E-state index contributed by atoms with van der Waals surface area (Å²) < 4.78 is 23.8. The van der Waals surface area contributed by atoms with Gasteiger partial charge in [-0.1, -0.05) is 30.3 Å². The summed E-state index contributed by atoms with van der Waals surface area (Å²) in [6.07, 6.45) is 8.98. The second-order valence-corrected chi connectivity index (χ2v) is 8.19. The van der Waals surface area contributed by atoms with E-state index in [0.717, 1.165) is 31.6 Å². The summed E-state index contributed by atoms with van der Waals surface area (Å²) in [5, 5.41) is 0. The highest BCUT2D eigenvalue weighted by molar-refractivity contribution is 5.16. The first kappa shape index (κ1) is 16.2. The lowest BCUT2D eigenvalue weighted by molar-refractivity contribution is -0.164. The molecule has 4 fully saturated rings. The number of fused-ring (bicyclic) bond motifs is 2. The molecule has 0 N–H and O–H groups in total. The van der Waals surface area contributed by atoms with Crippen molar-refractivity contribution < 1.29 is 18.9 Å². The van der Waals surface area contributed by atoms with Crippen LogP contribution in [-0.4, -0.2) is 37.6 Å². The van der Waals surface area contributed by atoms with E-state index in [4.69, 9.17) is 18.9 Å². The van der Waals surface area contributed by atoms with E-state index in [2.05, 4.69) is 24.3 Å². The van der Waals surface area contributed by atoms with E-state index < -0.39 is 0 Å². The molecule has 6 unspecified atom stereocenters. The van der Waals surface area contributed by atoms with Crippen LogP contribution in [0.2, 0.25) is 0 Å². The number of rotatable bonds is 7. The molecule has 6 atom stereocenters. The summed E-state index contributed by atoms with van der Waals surface area (Å²) in [7, 11) is 0. The van der Waals surface area contributed by atoms with Crippen LogP contribution in [-0.2, 0) is 18.9 Å². The minimum absolute atomic E-state index is 0.253. The summed E-state index contributed by atoms with van der Waals surface area (Å²) in [4.78, 5) is 0. The van der Waals surface area contributed by atoms with Gasteiger partial charge >= 0.3 is 0 Å². The van der Waals surface area contributed by atoms with Crippen LogP contribution in [0.1, 0.15) is 50.4 Å². The second kappa shape index (κ2) is 6.99. The topological polar surface area (TPSA) is 43.5 Å². The van der Waals surface area contributed by atoms with E-state index in [9.17, 15) is 0 Å². The Morgan fingerprint density at radius 2 is 1.32 bits per heavy atom. The normalized spacial score (nSPS) is 40.0. The summed E-state index contributed by atoms with van der Waals surface area (Å²) in [5.41, 5.74) is 1.12. The first-order valence-electron chi connectivity index (χ1n) is 9.94. The molecule has 2 heterocycles.